The average Bonchev–Trinajstić information content (AvgIpc) is 2.96. The molecule has 27 heavy (non-hydrogen) atoms. The van der Waals surface area contributed by atoms with Crippen LogP contribution < -0.4 is 20.1 Å². The number of hydrogen-bond donors (Lipinski definition) is 3. The maximum atomic E-state index is 12.3. The van der Waals surface area contributed by atoms with Gasteiger partial charge in [-0.2, -0.15) is 0 Å². The van der Waals surface area contributed by atoms with Crippen molar-refractivity contribution in [2.24, 2.45) is 0 Å². The number of carbonyl (C=O) groups excluding carboxylic acids is 3. The van der Waals surface area contributed by atoms with Gasteiger partial charge in [0.15, 0.2) is 0 Å². The van der Waals surface area contributed by atoms with Gasteiger partial charge in [-0.1, -0.05) is 18.2 Å². The number of nitrogens with zero attached hydrogens (tertiary/aromatic N) is 1. The zero-order valence-corrected chi connectivity index (χ0v) is 15.0. The molecule has 1 aliphatic rings. The molecule has 0 radical (unpaired) electrons. The molecule has 3 N–H and O–H groups in total. The molecule has 0 aliphatic carbocycles. The maximum Gasteiger partial charge on any atom is 0.322 e. The predicted octanol–water partition coefficient (Wildman–Crippen LogP) is -0.0989. The second-order valence-corrected chi connectivity index (χ2v) is 7.63. The van der Waals surface area contributed by atoms with E-state index in [2.05, 4.69) is 10.3 Å². The number of imide groups is 1. The third kappa shape index (κ3) is 4.14. The summed E-state index contributed by atoms with van der Waals surface area (Å²) in [4.78, 5) is 38.8. The lowest BCUT2D eigenvalue weighted by atomic mass is 10.1. The first-order valence-corrected chi connectivity index (χ1v) is 9.54. The molecule has 0 bridgehead atoms. The minimum atomic E-state index is -4.04. The smallest absolute Gasteiger partial charge is 0.322 e. The fourth-order valence-corrected chi connectivity index (χ4v) is 3.65. The third-order valence-corrected chi connectivity index (χ3v) is 5.18. The summed E-state index contributed by atoms with van der Waals surface area (Å²) in [5, 5.41) is 5.64. The van der Waals surface area contributed by atoms with Gasteiger partial charge in [0.1, 0.15) is 11.7 Å². The van der Waals surface area contributed by atoms with Crippen LogP contribution in [0, 0.1) is 0 Å². The first-order chi connectivity index (χ1) is 12.8. The zero-order chi connectivity index (χ0) is 19.6. The highest BCUT2D eigenvalue weighted by Crippen LogP contribution is 2.24. The number of rotatable bonds is 6. The first-order valence-electron chi connectivity index (χ1n) is 7.89. The highest BCUT2D eigenvalue weighted by atomic mass is 32.2. The first kappa shape index (κ1) is 18.6. The number of fused-ring (bicyclic) bond motifs is 1. The summed E-state index contributed by atoms with van der Waals surface area (Å²) < 4.78 is 31.4. The number of urea groups is 1. The lowest BCUT2D eigenvalue weighted by molar-refractivity contribution is -0.120. The standard InChI is InChI=1S/C16H16N4O6S/c1-26-15-10-5-3-2-4-9(10)8-12(17-15)14(22)20-27(24,25)7-6-11-13(21)19-16(23)18-11/h2-5,8,11H,6-7H2,1H3,(H,20,22)(H2,18,19,21,23)/t11-/m1/s1. The van der Waals surface area contributed by atoms with Gasteiger partial charge < -0.3 is 10.1 Å². The molecule has 0 saturated carbocycles. The summed E-state index contributed by atoms with van der Waals surface area (Å²) in [5.74, 6) is -1.86. The highest BCUT2D eigenvalue weighted by molar-refractivity contribution is 7.90. The highest BCUT2D eigenvalue weighted by Gasteiger charge is 2.31. The topological polar surface area (TPSA) is 144 Å². The Morgan fingerprint density at radius 3 is 2.70 bits per heavy atom. The molecule has 10 nitrogen and oxygen atoms in total. The van der Waals surface area contributed by atoms with Crippen molar-refractivity contribution in [2.45, 2.75) is 12.5 Å². The number of aromatic nitrogens is 1. The van der Waals surface area contributed by atoms with Gasteiger partial charge in [0, 0.05) is 5.39 Å². The second-order valence-electron chi connectivity index (χ2n) is 5.79. The van der Waals surface area contributed by atoms with E-state index in [1.807, 2.05) is 10.0 Å². The molecule has 1 aromatic heterocycles. The Labute approximate surface area is 154 Å². The van der Waals surface area contributed by atoms with Crippen molar-refractivity contribution >= 4 is 38.6 Å². The van der Waals surface area contributed by atoms with Crippen LogP contribution in [0.25, 0.3) is 10.8 Å². The molecule has 11 heteroatoms. The van der Waals surface area contributed by atoms with E-state index < -0.39 is 39.7 Å². The SMILES string of the molecule is COc1nc(C(=O)NS(=O)(=O)CC[C@H]2NC(=O)NC2=O)cc2ccccc12. The van der Waals surface area contributed by atoms with Crippen molar-refractivity contribution in [2.75, 3.05) is 12.9 Å². The van der Waals surface area contributed by atoms with Gasteiger partial charge in [0.2, 0.25) is 15.9 Å². The van der Waals surface area contributed by atoms with Crippen molar-refractivity contribution in [3.63, 3.8) is 0 Å². The molecule has 2 aromatic rings. The van der Waals surface area contributed by atoms with Crippen LogP contribution in [0.15, 0.2) is 30.3 Å². The van der Waals surface area contributed by atoms with Crippen molar-refractivity contribution in [3.05, 3.63) is 36.0 Å². The fraction of sp³-hybridized carbons (Fsp3) is 0.250. The predicted molar refractivity (Wildman–Crippen MR) is 94.6 cm³/mol. The van der Waals surface area contributed by atoms with Crippen LogP contribution >= 0.6 is 0 Å². The van der Waals surface area contributed by atoms with Crippen molar-refractivity contribution in [1.82, 2.24) is 20.3 Å². The van der Waals surface area contributed by atoms with E-state index in [4.69, 9.17) is 4.74 Å². The Hall–Kier alpha value is -3.21. The van der Waals surface area contributed by atoms with E-state index in [1.165, 1.54) is 13.2 Å². The summed E-state index contributed by atoms with van der Waals surface area (Å²) in [6, 6.07) is 6.87. The normalized spacial score (nSPS) is 16.7. The monoisotopic (exact) mass is 392 g/mol. The van der Waals surface area contributed by atoms with Gasteiger partial charge in [-0.25, -0.2) is 22.9 Å². The van der Waals surface area contributed by atoms with Gasteiger partial charge >= 0.3 is 6.03 Å². The van der Waals surface area contributed by atoms with Crippen LogP contribution in [0.3, 0.4) is 0 Å². The fourth-order valence-electron chi connectivity index (χ4n) is 2.62. The quantitative estimate of drug-likeness (QED) is 0.582. The number of sulfonamides is 1. The molecule has 4 amide bonds. The van der Waals surface area contributed by atoms with Crippen LogP contribution in [0.4, 0.5) is 4.79 Å². The number of amides is 4. The van der Waals surface area contributed by atoms with E-state index in [0.717, 1.165) is 0 Å². The average molecular weight is 392 g/mol. The summed E-state index contributed by atoms with van der Waals surface area (Å²) in [6.45, 7) is 0. The minimum absolute atomic E-state index is 0.124. The summed E-state index contributed by atoms with van der Waals surface area (Å²) >= 11 is 0. The number of pyridine rings is 1. The molecule has 1 atom stereocenters. The molecule has 0 spiro atoms. The molecule has 142 valence electrons. The molecule has 1 aliphatic heterocycles. The Morgan fingerprint density at radius 1 is 1.30 bits per heavy atom. The maximum absolute atomic E-state index is 12.3. The Kier molecular flexibility index (Phi) is 4.95. The summed E-state index contributed by atoms with van der Waals surface area (Å²) in [5.41, 5.74) is -0.124. The van der Waals surface area contributed by atoms with E-state index in [9.17, 15) is 22.8 Å². The molecule has 2 heterocycles. The molecule has 0 unspecified atom stereocenters. The van der Waals surface area contributed by atoms with Crippen molar-refractivity contribution in [1.29, 1.82) is 0 Å². The van der Waals surface area contributed by atoms with Crippen LogP contribution in [-0.4, -0.2) is 50.2 Å². The van der Waals surface area contributed by atoms with Crippen LogP contribution in [0.2, 0.25) is 0 Å². The van der Waals surface area contributed by atoms with Crippen LogP contribution in [0.5, 0.6) is 5.88 Å². The van der Waals surface area contributed by atoms with Crippen molar-refractivity contribution < 1.29 is 27.5 Å². The largest absolute Gasteiger partial charge is 0.481 e. The Balaban J connectivity index is 1.73. The number of benzene rings is 1. The van der Waals surface area contributed by atoms with Gasteiger partial charge in [0.25, 0.3) is 11.8 Å². The molecule has 1 fully saturated rings. The van der Waals surface area contributed by atoms with E-state index >= 15 is 0 Å². The number of ether oxygens (including phenoxy) is 1. The van der Waals surface area contributed by atoms with Crippen LogP contribution in [-0.2, 0) is 14.8 Å². The van der Waals surface area contributed by atoms with E-state index in [-0.39, 0.29) is 18.0 Å². The van der Waals surface area contributed by atoms with Gasteiger partial charge in [-0.3, -0.25) is 14.9 Å². The minimum Gasteiger partial charge on any atom is -0.481 e. The molecular weight excluding hydrogens is 376 g/mol. The lowest BCUT2D eigenvalue weighted by Crippen LogP contribution is -2.37. The van der Waals surface area contributed by atoms with Gasteiger partial charge in [0.05, 0.1) is 12.9 Å². The number of nitrogens with one attached hydrogen (secondary N) is 3. The molecule has 1 aromatic carbocycles. The Bertz CT molecular complexity index is 1040. The van der Waals surface area contributed by atoms with E-state index in [0.29, 0.717) is 10.8 Å². The summed E-state index contributed by atoms with van der Waals surface area (Å²) in [7, 11) is -2.64. The lowest BCUT2D eigenvalue weighted by Gasteiger charge is -2.10. The molecule has 3 rings (SSSR count). The third-order valence-electron chi connectivity index (χ3n) is 3.91. The Morgan fingerprint density at radius 2 is 2.04 bits per heavy atom. The second kappa shape index (κ2) is 7.19. The van der Waals surface area contributed by atoms with E-state index in [1.54, 1.807) is 24.3 Å². The zero-order valence-electron chi connectivity index (χ0n) is 14.2. The number of methoxy groups -OCH3 is 1. The number of carbonyl (C=O) groups is 3. The van der Waals surface area contributed by atoms with Crippen molar-refractivity contribution in [3.8, 4) is 5.88 Å². The number of hydrogen-bond acceptors (Lipinski definition) is 7. The molecular formula is C16H16N4O6S. The molecule has 1 saturated heterocycles. The summed E-state index contributed by atoms with van der Waals surface area (Å²) in [6.07, 6.45) is -0.172. The van der Waals surface area contributed by atoms with Gasteiger partial charge in [-0.05, 0) is 23.9 Å². The van der Waals surface area contributed by atoms with Gasteiger partial charge in [-0.15, -0.1) is 0 Å². The van der Waals surface area contributed by atoms with Crippen LogP contribution in [0.1, 0.15) is 16.9 Å².